The fourth-order valence-corrected chi connectivity index (χ4v) is 6.38. The van der Waals surface area contributed by atoms with Crippen LogP contribution in [0.1, 0.15) is 65.9 Å². The van der Waals surface area contributed by atoms with E-state index in [1.807, 2.05) is 15.6 Å². The molecule has 4 aromatic rings. The quantitative estimate of drug-likeness (QED) is 0.476. The molecule has 4 aromatic heterocycles. The fourth-order valence-electron chi connectivity index (χ4n) is 4.96. The van der Waals surface area contributed by atoms with Gasteiger partial charge in [0.05, 0.1) is 20.8 Å². The summed E-state index contributed by atoms with van der Waals surface area (Å²) in [7, 11) is 0. The number of aryl methyl sites for hydroxylation is 2. The van der Waals surface area contributed by atoms with Crippen LogP contribution in [0.15, 0.2) is 18.6 Å². The average molecular weight is 451 g/mol. The van der Waals surface area contributed by atoms with Gasteiger partial charge in [-0.3, -0.25) is 4.79 Å². The van der Waals surface area contributed by atoms with Crippen molar-refractivity contribution >= 4 is 33.1 Å². The fraction of sp³-hybridized carbons (Fsp3) is 0.458. The maximum atomic E-state index is 13.5. The Labute approximate surface area is 191 Å². The van der Waals surface area contributed by atoms with Crippen molar-refractivity contribution in [1.82, 2.24) is 24.5 Å². The van der Waals surface area contributed by atoms with Crippen LogP contribution in [0.2, 0.25) is 0 Å². The van der Waals surface area contributed by atoms with Gasteiger partial charge in [0.25, 0.3) is 5.91 Å². The highest BCUT2D eigenvalue weighted by molar-refractivity contribution is 7.21. The van der Waals surface area contributed by atoms with E-state index in [-0.39, 0.29) is 18.0 Å². The zero-order chi connectivity index (χ0) is 22.7. The lowest BCUT2D eigenvalue weighted by molar-refractivity contribution is 0.0609. The monoisotopic (exact) mass is 450 g/mol. The van der Waals surface area contributed by atoms with Crippen LogP contribution in [-0.4, -0.2) is 49.0 Å². The molecular weight excluding hydrogens is 420 g/mol. The van der Waals surface area contributed by atoms with Crippen LogP contribution in [-0.2, 0) is 0 Å². The van der Waals surface area contributed by atoms with E-state index in [9.17, 15) is 4.79 Å². The number of aromatic nitrogens is 4. The first kappa shape index (κ1) is 21.2. The standard InChI is InChI=1S/C24H30N6OS/c1-12(2)18-20(16-9-13(3)23-26-11-27-30(23)10-16)28-19-14(4)21(32-22(18)19)24(31)29-8-6-7-17(25)15(29)5/h9-12,15,17,28H,6-8,25H2,1-5H3/t15-,17-/m0/s1. The molecule has 1 aliphatic rings. The largest absolute Gasteiger partial charge is 0.353 e. The summed E-state index contributed by atoms with van der Waals surface area (Å²) in [5.41, 5.74) is 13.7. The smallest absolute Gasteiger partial charge is 0.264 e. The summed E-state index contributed by atoms with van der Waals surface area (Å²) >= 11 is 1.61. The van der Waals surface area contributed by atoms with Crippen molar-refractivity contribution in [3.05, 3.63) is 40.2 Å². The molecule has 0 bridgehead atoms. The van der Waals surface area contributed by atoms with Gasteiger partial charge in [0.1, 0.15) is 6.33 Å². The maximum absolute atomic E-state index is 13.5. The summed E-state index contributed by atoms with van der Waals surface area (Å²) in [5, 5.41) is 4.34. The van der Waals surface area contributed by atoms with E-state index >= 15 is 0 Å². The number of likely N-dealkylation sites (tertiary alicyclic amines) is 1. The Morgan fingerprint density at radius 2 is 2.12 bits per heavy atom. The molecule has 32 heavy (non-hydrogen) atoms. The number of nitrogens with two attached hydrogens (primary N) is 1. The number of nitrogens with zero attached hydrogens (tertiary/aromatic N) is 4. The molecule has 8 heteroatoms. The van der Waals surface area contributed by atoms with Crippen molar-refractivity contribution in [2.45, 2.75) is 65.5 Å². The third kappa shape index (κ3) is 3.16. The minimum Gasteiger partial charge on any atom is -0.353 e. The Kier molecular flexibility index (Phi) is 5.09. The Morgan fingerprint density at radius 3 is 2.88 bits per heavy atom. The number of aromatic amines is 1. The van der Waals surface area contributed by atoms with Crippen LogP contribution in [0, 0.1) is 13.8 Å². The normalized spacial score (nSPS) is 19.5. The number of nitrogens with one attached hydrogen (secondary N) is 1. The van der Waals surface area contributed by atoms with Crippen LogP contribution in [0.4, 0.5) is 0 Å². The van der Waals surface area contributed by atoms with E-state index in [1.165, 1.54) is 10.3 Å². The van der Waals surface area contributed by atoms with Gasteiger partial charge in [-0.15, -0.1) is 11.3 Å². The van der Waals surface area contributed by atoms with E-state index in [1.54, 1.807) is 17.7 Å². The molecule has 0 radical (unpaired) electrons. The van der Waals surface area contributed by atoms with E-state index in [4.69, 9.17) is 5.73 Å². The molecule has 0 unspecified atom stereocenters. The molecule has 0 aliphatic carbocycles. The zero-order valence-corrected chi connectivity index (χ0v) is 20.1. The van der Waals surface area contributed by atoms with Crippen LogP contribution in [0.5, 0.6) is 0 Å². The number of carbonyl (C=O) groups excluding carboxylic acids is 1. The van der Waals surface area contributed by atoms with Gasteiger partial charge >= 0.3 is 0 Å². The number of rotatable bonds is 3. The Bertz CT molecular complexity index is 1330. The van der Waals surface area contributed by atoms with Crippen molar-refractivity contribution < 1.29 is 4.79 Å². The first-order valence-electron chi connectivity index (χ1n) is 11.3. The van der Waals surface area contributed by atoms with Crippen LogP contribution >= 0.6 is 11.3 Å². The summed E-state index contributed by atoms with van der Waals surface area (Å²) in [6.07, 6.45) is 5.55. The van der Waals surface area contributed by atoms with Crippen molar-refractivity contribution in [2.24, 2.45) is 5.73 Å². The molecule has 0 aromatic carbocycles. The number of hydrogen-bond acceptors (Lipinski definition) is 5. The van der Waals surface area contributed by atoms with Crippen molar-refractivity contribution in [1.29, 1.82) is 0 Å². The molecule has 168 valence electrons. The van der Waals surface area contributed by atoms with Gasteiger partial charge in [0.2, 0.25) is 0 Å². The van der Waals surface area contributed by atoms with E-state index < -0.39 is 0 Å². The topological polar surface area (TPSA) is 92.3 Å². The number of piperidine rings is 1. The third-order valence-corrected chi connectivity index (χ3v) is 8.15. The molecular formula is C24H30N6OS. The predicted octanol–water partition coefficient (Wildman–Crippen LogP) is 4.63. The predicted molar refractivity (Wildman–Crippen MR) is 129 cm³/mol. The minimum absolute atomic E-state index is 0.0469. The highest BCUT2D eigenvalue weighted by Gasteiger charge is 2.32. The van der Waals surface area contributed by atoms with Gasteiger partial charge in [-0.1, -0.05) is 13.8 Å². The van der Waals surface area contributed by atoms with Gasteiger partial charge in [0.15, 0.2) is 5.65 Å². The Morgan fingerprint density at radius 1 is 1.34 bits per heavy atom. The maximum Gasteiger partial charge on any atom is 0.264 e. The number of carbonyl (C=O) groups is 1. The van der Waals surface area contributed by atoms with Crippen molar-refractivity contribution in [3.8, 4) is 11.3 Å². The third-order valence-electron chi connectivity index (χ3n) is 6.84. The minimum atomic E-state index is 0.0469. The second-order valence-electron chi connectivity index (χ2n) is 9.31. The summed E-state index contributed by atoms with van der Waals surface area (Å²) in [4.78, 5) is 24.3. The highest BCUT2D eigenvalue weighted by Crippen LogP contribution is 2.42. The molecule has 1 saturated heterocycles. The molecule has 0 saturated carbocycles. The number of amides is 1. The number of pyridine rings is 1. The first-order chi connectivity index (χ1) is 15.3. The Balaban J connectivity index is 1.63. The number of H-pyrrole nitrogens is 1. The van der Waals surface area contributed by atoms with Crippen molar-refractivity contribution in [3.63, 3.8) is 0 Å². The molecule has 1 aliphatic heterocycles. The van der Waals surface area contributed by atoms with Gasteiger partial charge in [-0.2, -0.15) is 5.10 Å². The average Bonchev–Trinajstić information content (AvgIpc) is 3.44. The SMILES string of the molecule is Cc1c(C(=O)N2CCC[C@H](N)[C@@H]2C)sc2c(C(C)C)c(-c3cc(C)c4ncnn4c3)[nH]c12. The van der Waals surface area contributed by atoms with Crippen molar-refractivity contribution in [2.75, 3.05) is 6.54 Å². The second-order valence-corrected chi connectivity index (χ2v) is 10.3. The number of fused-ring (bicyclic) bond motifs is 2. The second kappa shape index (κ2) is 7.71. The molecule has 1 amide bonds. The zero-order valence-electron chi connectivity index (χ0n) is 19.3. The van der Waals surface area contributed by atoms with Gasteiger partial charge < -0.3 is 15.6 Å². The van der Waals surface area contributed by atoms with Gasteiger partial charge in [-0.05, 0) is 62.3 Å². The van der Waals surface area contributed by atoms with E-state index in [0.717, 1.165) is 57.8 Å². The van der Waals surface area contributed by atoms with E-state index in [0.29, 0.717) is 5.92 Å². The van der Waals surface area contributed by atoms with Crippen LogP contribution in [0.3, 0.4) is 0 Å². The lowest BCUT2D eigenvalue weighted by Gasteiger charge is -2.37. The molecule has 7 nitrogen and oxygen atoms in total. The number of thiophene rings is 1. The molecule has 3 N–H and O–H groups in total. The molecule has 2 atom stereocenters. The summed E-state index contributed by atoms with van der Waals surface area (Å²) in [6, 6.07) is 2.27. The number of hydrogen-bond donors (Lipinski definition) is 2. The molecule has 5 rings (SSSR count). The lowest BCUT2D eigenvalue weighted by atomic mass is 9.98. The summed E-state index contributed by atoms with van der Waals surface area (Å²) in [5.74, 6) is 0.407. The Hall–Kier alpha value is -2.71. The molecule has 1 fully saturated rings. The van der Waals surface area contributed by atoms with Gasteiger partial charge in [0, 0.05) is 30.4 Å². The summed E-state index contributed by atoms with van der Waals surface area (Å²) in [6.45, 7) is 11.4. The molecule has 0 spiro atoms. The van der Waals surface area contributed by atoms with Crippen LogP contribution in [0.25, 0.3) is 27.1 Å². The van der Waals surface area contributed by atoms with Crippen LogP contribution < -0.4 is 5.73 Å². The lowest BCUT2D eigenvalue weighted by Crippen LogP contribution is -2.52. The first-order valence-corrected chi connectivity index (χ1v) is 12.1. The molecule has 5 heterocycles. The van der Waals surface area contributed by atoms with Gasteiger partial charge in [-0.25, -0.2) is 9.50 Å². The highest BCUT2D eigenvalue weighted by atomic mass is 32.1. The summed E-state index contributed by atoms with van der Waals surface area (Å²) < 4.78 is 2.99. The van der Waals surface area contributed by atoms with E-state index in [2.05, 4.69) is 55.8 Å².